The zero-order chi connectivity index (χ0) is 9.68. The lowest BCUT2D eigenvalue weighted by molar-refractivity contribution is 0.216. The Kier molecular flexibility index (Phi) is 5.10. The van der Waals surface area contributed by atoms with Crippen molar-refractivity contribution in [3.8, 4) is 0 Å². The second-order valence-corrected chi connectivity index (χ2v) is 4.16. The summed E-state index contributed by atoms with van der Waals surface area (Å²) in [6, 6.07) is 0.645. The van der Waals surface area contributed by atoms with Gasteiger partial charge in [0.15, 0.2) is 0 Å². The molecule has 0 saturated carbocycles. The van der Waals surface area contributed by atoms with Crippen LogP contribution in [0.1, 0.15) is 12.8 Å². The Morgan fingerprint density at radius 1 is 1.54 bits per heavy atom. The highest BCUT2D eigenvalue weighted by atomic mass is 35.5. The third kappa shape index (κ3) is 3.86. The highest BCUT2D eigenvalue weighted by Gasteiger charge is 2.17. The van der Waals surface area contributed by atoms with Gasteiger partial charge in [0.25, 0.3) is 0 Å². The molecule has 13 heavy (non-hydrogen) atoms. The van der Waals surface area contributed by atoms with Crippen molar-refractivity contribution in [1.29, 1.82) is 0 Å². The number of likely N-dealkylation sites (N-methyl/N-ethyl adjacent to an activating group) is 1. The summed E-state index contributed by atoms with van der Waals surface area (Å²) in [6.07, 6.45) is 2.39. The summed E-state index contributed by atoms with van der Waals surface area (Å²) < 4.78 is 0. The summed E-state index contributed by atoms with van der Waals surface area (Å²) in [7, 11) is 2.10. The van der Waals surface area contributed by atoms with Crippen molar-refractivity contribution in [3.63, 3.8) is 0 Å². The Morgan fingerprint density at radius 2 is 2.15 bits per heavy atom. The third-order valence-corrected chi connectivity index (χ3v) is 3.05. The predicted molar refractivity (Wildman–Crippen MR) is 58.3 cm³/mol. The van der Waals surface area contributed by atoms with Crippen LogP contribution in [0.25, 0.3) is 0 Å². The molecule has 1 heterocycles. The van der Waals surface area contributed by atoms with Gasteiger partial charge in [-0.2, -0.15) is 0 Å². The molecule has 1 aliphatic heterocycles. The van der Waals surface area contributed by atoms with E-state index in [0.29, 0.717) is 11.1 Å². The van der Waals surface area contributed by atoms with Crippen molar-refractivity contribution in [2.75, 3.05) is 26.7 Å². The molecule has 0 aliphatic carbocycles. The van der Waals surface area contributed by atoms with Crippen LogP contribution in [0, 0.1) is 0 Å². The fourth-order valence-electron chi connectivity index (χ4n) is 1.65. The largest absolute Gasteiger partial charge is 0.317 e. The second-order valence-electron chi connectivity index (χ2n) is 3.45. The minimum Gasteiger partial charge on any atom is -0.317 e. The molecule has 1 N–H and O–H groups in total. The summed E-state index contributed by atoms with van der Waals surface area (Å²) in [5, 5.41) is 4.05. The van der Waals surface area contributed by atoms with Crippen molar-refractivity contribution in [2.45, 2.75) is 18.9 Å². The molecule has 76 valence electrons. The van der Waals surface area contributed by atoms with Crippen LogP contribution < -0.4 is 5.32 Å². The minimum atomic E-state index is 0.645. The Balaban J connectivity index is 2.32. The van der Waals surface area contributed by atoms with Gasteiger partial charge in [0.05, 0.1) is 0 Å². The van der Waals surface area contributed by atoms with Crippen LogP contribution in [0.2, 0.25) is 0 Å². The first kappa shape index (κ1) is 11.3. The zero-order valence-corrected chi connectivity index (χ0v) is 9.41. The van der Waals surface area contributed by atoms with Crippen LogP contribution in [0.4, 0.5) is 0 Å². The van der Waals surface area contributed by atoms with Crippen molar-refractivity contribution in [3.05, 3.63) is 10.6 Å². The Labute approximate surface area is 89.9 Å². The molecule has 0 amide bonds. The summed E-state index contributed by atoms with van der Waals surface area (Å²) in [6.45, 7) is 2.98. The first-order chi connectivity index (χ1) is 6.24. The molecule has 0 aromatic heterocycles. The monoisotopic (exact) mass is 222 g/mol. The minimum absolute atomic E-state index is 0.645. The molecule has 1 rings (SSSR count). The zero-order valence-electron chi connectivity index (χ0n) is 7.89. The van der Waals surface area contributed by atoms with Gasteiger partial charge in [0.2, 0.25) is 0 Å². The average Bonchev–Trinajstić information content (AvgIpc) is 2.19. The summed E-state index contributed by atoms with van der Waals surface area (Å²) in [4.78, 5) is 2.27. The molecule has 0 bridgehead atoms. The van der Waals surface area contributed by atoms with Gasteiger partial charge in [-0.25, -0.2) is 0 Å². The Morgan fingerprint density at radius 3 is 2.69 bits per heavy atom. The van der Waals surface area contributed by atoms with Gasteiger partial charge in [-0.05, 0) is 33.0 Å². The fourth-order valence-corrected chi connectivity index (χ4v) is 1.91. The van der Waals surface area contributed by atoms with Crippen LogP contribution in [0.5, 0.6) is 0 Å². The van der Waals surface area contributed by atoms with Gasteiger partial charge < -0.3 is 5.32 Å². The van der Waals surface area contributed by atoms with Crippen LogP contribution in [0.3, 0.4) is 0 Å². The Hall–Kier alpha value is 0.240. The first-order valence-corrected chi connectivity index (χ1v) is 5.41. The maximum atomic E-state index is 5.85. The number of halogens is 2. The molecule has 2 nitrogen and oxygen atoms in total. The normalized spacial score (nSPS) is 21.1. The molecule has 0 spiro atoms. The Bertz CT molecular complexity index is 176. The van der Waals surface area contributed by atoms with E-state index in [4.69, 9.17) is 23.2 Å². The summed E-state index contributed by atoms with van der Waals surface area (Å²) in [5.74, 6) is 0. The lowest BCUT2D eigenvalue weighted by Gasteiger charge is -2.31. The number of nitrogens with one attached hydrogen (secondary N) is 1. The predicted octanol–water partition coefficient (Wildman–Crippen LogP) is 1.99. The molecule has 1 saturated heterocycles. The van der Waals surface area contributed by atoms with E-state index in [-0.39, 0.29) is 0 Å². The summed E-state index contributed by atoms with van der Waals surface area (Å²) >= 11 is 11.4. The quantitative estimate of drug-likeness (QED) is 0.787. The van der Waals surface area contributed by atoms with Crippen molar-refractivity contribution in [1.82, 2.24) is 10.2 Å². The molecular formula is C9H16Cl2N2. The van der Waals surface area contributed by atoms with E-state index < -0.39 is 0 Å². The van der Waals surface area contributed by atoms with Crippen LogP contribution >= 0.6 is 23.2 Å². The number of hydrogen-bond acceptors (Lipinski definition) is 2. The standard InChI is InChI=1S/C9H16Cl2N2/c1-13(7-8(11)6-10)9-2-4-12-5-3-9/h6,9,12H,2-5,7H2,1H3. The number of rotatable bonds is 3. The maximum absolute atomic E-state index is 5.85. The number of nitrogens with zero attached hydrogens (tertiary/aromatic N) is 1. The lowest BCUT2D eigenvalue weighted by Crippen LogP contribution is -2.41. The van der Waals surface area contributed by atoms with Crippen molar-refractivity contribution in [2.24, 2.45) is 0 Å². The first-order valence-electron chi connectivity index (χ1n) is 4.59. The molecule has 1 aliphatic rings. The molecule has 0 aromatic rings. The van der Waals surface area contributed by atoms with Crippen LogP contribution in [0.15, 0.2) is 10.6 Å². The molecule has 0 atom stereocenters. The van der Waals surface area contributed by atoms with E-state index in [1.165, 1.54) is 18.4 Å². The second kappa shape index (κ2) is 5.86. The van der Waals surface area contributed by atoms with Gasteiger partial charge in [-0.3, -0.25) is 4.90 Å². The van der Waals surface area contributed by atoms with Crippen molar-refractivity contribution >= 4 is 23.2 Å². The van der Waals surface area contributed by atoms with E-state index in [0.717, 1.165) is 19.6 Å². The maximum Gasteiger partial charge on any atom is 0.0434 e. The van der Waals surface area contributed by atoms with E-state index >= 15 is 0 Å². The fraction of sp³-hybridized carbons (Fsp3) is 0.778. The van der Waals surface area contributed by atoms with Crippen molar-refractivity contribution < 1.29 is 0 Å². The molecule has 0 aromatic carbocycles. The molecule has 0 unspecified atom stereocenters. The van der Waals surface area contributed by atoms with E-state index in [2.05, 4.69) is 17.3 Å². The molecule has 1 fully saturated rings. The molecule has 0 radical (unpaired) electrons. The topological polar surface area (TPSA) is 15.3 Å². The van der Waals surface area contributed by atoms with Crippen LogP contribution in [-0.4, -0.2) is 37.6 Å². The molecular weight excluding hydrogens is 207 g/mol. The van der Waals surface area contributed by atoms with Gasteiger partial charge in [0, 0.05) is 23.2 Å². The van der Waals surface area contributed by atoms with E-state index in [1.807, 2.05) is 0 Å². The highest BCUT2D eigenvalue weighted by molar-refractivity contribution is 6.36. The molecule has 4 heteroatoms. The lowest BCUT2D eigenvalue weighted by atomic mass is 10.1. The van der Waals surface area contributed by atoms with Gasteiger partial charge >= 0.3 is 0 Å². The average molecular weight is 223 g/mol. The number of hydrogen-bond donors (Lipinski definition) is 1. The van der Waals surface area contributed by atoms with Gasteiger partial charge in [-0.1, -0.05) is 23.2 Å². The van der Waals surface area contributed by atoms with E-state index in [9.17, 15) is 0 Å². The van der Waals surface area contributed by atoms with E-state index in [1.54, 1.807) is 0 Å². The van der Waals surface area contributed by atoms with Crippen LogP contribution in [-0.2, 0) is 0 Å². The SMILES string of the molecule is CN(CC(Cl)=CCl)C1CCNCC1. The summed E-state index contributed by atoms with van der Waals surface area (Å²) in [5.41, 5.74) is 1.44. The third-order valence-electron chi connectivity index (χ3n) is 2.45. The number of piperidine rings is 1. The smallest absolute Gasteiger partial charge is 0.0434 e. The van der Waals surface area contributed by atoms with Gasteiger partial charge in [-0.15, -0.1) is 0 Å². The van der Waals surface area contributed by atoms with Gasteiger partial charge in [0.1, 0.15) is 0 Å². The highest BCUT2D eigenvalue weighted by Crippen LogP contribution is 2.13.